The van der Waals surface area contributed by atoms with Crippen LogP contribution < -0.4 is 5.73 Å². The monoisotopic (exact) mass is 225 g/mol. The van der Waals surface area contributed by atoms with Crippen LogP contribution in [0.3, 0.4) is 0 Å². The van der Waals surface area contributed by atoms with Crippen LogP contribution in [0.25, 0.3) is 0 Å². The molecule has 2 rings (SSSR count). The number of likely N-dealkylation sites (N-methyl/N-ethyl adjacent to an activating group) is 1. The van der Waals surface area contributed by atoms with Crippen molar-refractivity contribution < 1.29 is 0 Å². The molecule has 16 heavy (non-hydrogen) atoms. The van der Waals surface area contributed by atoms with Gasteiger partial charge in [0, 0.05) is 31.7 Å². The van der Waals surface area contributed by atoms with E-state index >= 15 is 0 Å². The average molecular weight is 225 g/mol. The first-order valence-corrected chi connectivity index (χ1v) is 6.71. The molecule has 0 aromatic rings. The SMILES string of the molecule is CC1CN(C2(CN)CCCN(C)C2)CC1C. The van der Waals surface area contributed by atoms with Gasteiger partial charge in [0.15, 0.2) is 0 Å². The third-order valence-electron chi connectivity index (χ3n) is 4.79. The molecule has 2 heterocycles. The zero-order valence-electron chi connectivity index (χ0n) is 11.1. The fourth-order valence-electron chi connectivity index (χ4n) is 3.41. The third-order valence-corrected chi connectivity index (χ3v) is 4.79. The minimum atomic E-state index is 0.270. The Kier molecular flexibility index (Phi) is 3.57. The molecular weight excluding hydrogens is 198 g/mol. The number of hydrogen-bond acceptors (Lipinski definition) is 3. The van der Waals surface area contributed by atoms with E-state index in [-0.39, 0.29) is 5.54 Å². The predicted molar refractivity (Wildman–Crippen MR) is 68.4 cm³/mol. The van der Waals surface area contributed by atoms with Crippen molar-refractivity contribution in [3.8, 4) is 0 Å². The average Bonchev–Trinajstić information content (AvgIpc) is 2.59. The van der Waals surface area contributed by atoms with Crippen LogP contribution in [-0.2, 0) is 0 Å². The van der Waals surface area contributed by atoms with Crippen LogP contribution in [0.15, 0.2) is 0 Å². The van der Waals surface area contributed by atoms with Crippen LogP contribution in [-0.4, -0.2) is 55.1 Å². The molecule has 3 nitrogen and oxygen atoms in total. The van der Waals surface area contributed by atoms with Gasteiger partial charge in [-0.1, -0.05) is 13.8 Å². The molecule has 0 aromatic heterocycles. The molecule has 2 saturated heterocycles. The van der Waals surface area contributed by atoms with Crippen molar-refractivity contribution in [2.45, 2.75) is 32.2 Å². The number of nitrogens with zero attached hydrogens (tertiary/aromatic N) is 2. The third kappa shape index (κ3) is 2.13. The van der Waals surface area contributed by atoms with Crippen molar-refractivity contribution in [2.24, 2.45) is 17.6 Å². The molecule has 3 unspecified atom stereocenters. The highest BCUT2D eigenvalue weighted by molar-refractivity contribution is 5.00. The van der Waals surface area contributed by atoms with E-state index in [4.69, 9.17) is 5.73 Å². The van der Waals surface area contributed by atoms with Gasteiger partial charge in [-0.3, -0.25) is 4.90 Å². The van der Waals surface area contributed by atoms with Crippen molar-refractivity contribution >= 4 is 0 Å². The number of nitrogens with two attached hydrogens (primary N) is 1. The summed E-state index contributed by atoms with van der Waals surface area (Å²) < 4.78 is 0. The van der Waals surface area contributed by atoms with E-state index in [9.17, 15) is 0 Å². The van der Waals surface area contributed by atoms with Gasteiger partial charge in [-0.2, -0.15) is 0 Å². The predicted octanol–water partition coefficient (Wildman–Crippen LogP) is 0.997. The molecule has 0 spiro atoms. The van der Waals surface area contributed by atoms with Crippen LogP contribution in [0, 0.1) is 11.8 Å². The summed E-state index contributed by atoms with van der Waals surface area (Å²) in [4.78, 5) is 5.13. The highest BCUT2D eigenvalue weighted by atomic mass is 15.3. The van der Waals surface area contributed by atoms with E-state index in [1.165, 1.54) is 32.5 Å². The Balaban J connectivity index is 2.09. The fraction of sp³-hybridized carbons (Fsp3) is 1.00. The van der Waals surface area contributed by atoms with E-state index in [1.54, 1.807) is 0 Å². The number of piperidine rings is 1. The number of likely N-dealkylation sites (tertiary alicyclic amines) is 2. The molecule has 2 N–H and O–H groups in total. The molecule has 0 aromatic carbocycles. The molecule has 0 saturated carbocycles. The quantitative estimate of drug-likeness (QED) is 0.761. The summed E-state index contributed by atoms with van der Waals surface area (Å²) in [6, 6.07) is 0. The molecule has 0 bridgehead atoms. The summed E-state index contributed by atoms with van der Waals surface area (Å²) in [5.74, 6) is 1.66. The minimum Gasteiger partial charge on any atom is -0.329 e. The van der Waals surface area contributed by atoms with Crippen LogP contribution in [0.4, 0.5) is 0 Å². The smallest absolute Gasteiger partial charge is 0.0458 e. The van der Waals surface area contributed by atoms with Crippen molar-refractivity contribution in [1.29, 1.82) is 0 Å². The van der Waals surface area contributed by atoms with Crippen LogP contribution >= 0.6 is 0 Å². The van der Waals surface area contributed by atoms with E-state index in [0.29, 0.717) is 0 Å². The Morgan fingerprint density at radius 3 is 2.38 bits per heavy atom. The summed E-state index contributed by atoms with van der Waals surface area (Å²) in [6.07, 6.45) is 2.58. The van der Waals surface area contributed by atoms with Crippen LogP contribution in [0.1, 0.15) is 26.7 Å². The Morgan fingerprint density at radius 1 is 1.25 bits per heavy atom. The molecular formula is C13H27N3. The van der Waals surface area contributed by atoms with Gasteiger partial charge in [-0.25, -0.2) is 0 Å². The van der Waals surface area contributed by atoms with Gasteiger partial charge in [0.2, 0.25) is 0 Å². The molecule has 0 radical (unpaired) electrons. The normalized spacial score (nSPS) is 42.8. The van der Waals surface area contributed by atoms with Gasteiger partial charge in [0.05, 0.1) is 0 Å². The van der Waals surface area contributed by atoms with Crippen LogP contribution in [0.5, 0.6) is 0 Å². The fourth-order valence-corrected chi connectivity index (χ4v) is 3.41. The lowest BCUT2D eigenvalue weighted by molar-refractivity contribution is 0.0395. The maximum absolute atomic E-state index is 6.10. The Hall–Kier alpha value is -0.120. The second-order valence-corrected chi connectivity index (χ2v) is 6.13. The van der Waals surface area contributed by atoms with Crippen molar-refractivity contribution in [2.75, 3.05) is 39.8 Å². The van der Waals surface area contributed by atoms with Gasteiger partial charge in [0.1, 0.15) is 0 Å². The molecule has 2 aliphatic rings. The molecule has 3 atom stereocenters. The largest absolute Gasteiger partial charge is 0.329 e. The van der Waals surface area contributed by atoms with E-state index in [1.807, 2.05) is 0 Å². The summed E-state index contributed by atoms with van der Waals surface area (Å²) in [6.45, 7) is 10.4. The maximum atomic E-state index is 6.10. The Morgan fingerprint density at radius 2 is 1.88 bits per heavy atom. The zero-order valence-corrected chi connectivity index (χ0v) is 11.1. The van der Waals surface area contributed by atoms with E-state index in [2.05, 4.69) is 30.7 Å². The molecule has 0 amide bonds. The topological polar surface area (TPSA) is 32.5 Å². The van der Waals surface area contributed by atoms with Gasteiger partial charge in [0.25, 0.3) is 0 Å². The number of hydrogen-bond donors (Lipinski definition) is 1. The summed E-state index contributed by atoms with van der Waals surface area (Å²) in [5.41, 5.74) is 6.37. The first-order chi connectivity index (χ1) is 7.57. The molecule has 0 aliphatic carbocycles. The first kappa shape index (κ1) is 12.3. The number of rotatable bonds is 2. The Labute approximate surface area is 100.0 Å². The van der Waals surface area contributed by atoms with Gasteiger partial charge >= 0.3 is 0 Å². The standard InChI is InChI=1S/C13H27N3/c1-11-7-16(8-12(11)2)13(9-14)5-4-6-15(3)10-13/h11-12H,4-10,14H2,1-3H3. The second kappa shape index (κ2) is 4.63. The highest BCUT2D eigenvalue weighted by Crippen LogP contribution is 2.33. The van der Waals surface area contributed by atoms with Gasteiger partial charge in [-0.15, -0.1) is 0 Å². The van der Waals surface area contributed by atoms with Crippen molar-refractivity contribution in [3.63, 3.8) is 0 Å². The van der Waals surface area contributed by atoms with E-state index in [0.717, 1.165) is 24.9 Å². The first-order valence-electron chi connectivity index (χ1n) is 6.71. The molecule has 2 aliphatic heterocycles. The van der Waals surface area contributed by atoms with E-state index < -0.39 is 0 Å². The molecule has 2 fully saturated rings. The van der Waals surface area contributed by atoms with Crippen LogP contribution in [0.2, 0.25) is 0 Å². The van der Waals surface area contributed by atoms with Gasteiger partial charge in [-0.05, 0) is 38.3 Å². The minimum absolute atomic E-state index is 0.270. The molecule has 3 heteroatoms. The maximum Gasteiger partial charge on any atom is 0.0458 e. The summed E-state index contributed by atoms with van der Waals surface area (Å²) in [7, 11) is 2.23. The lowest BCUT2D eigenvalue weighted by atomic mass is 9.87. The summed E-state index contributed by atoms with van der Waals surface area (Å²) >= 11 is 0. The second-order valence-electron chi connectivity index (χ2n) is 6.13. The van der Waals surface area contributed by atoms with Gasteiger partial charge < -0.3 is 10.6 Å². The highest BCUT2D eigenvalue weighted by Gasteiger charge is 2.42. The lowest BCUT2D eigenvalue weighted by Crippen LogP contribution is -2.61. The zero-order chi connectivity index (χ0) is 11.8. The molecule has 94 valence electrons. The lowest BCUT2D eigenvalue weighted by Gasteiger charge is -2.47. The van der Waals surface area contributed by atoms with Crippen molar-refractivity contribution in [1.82, 2.24) is 9.80 Å². The Bertz CT molecular complexity index is 233. The summed E-state index contributed by atoms with van der Waals surface area (Å²) in [5, 5.41) is 0. The van der Waals surface area contributed by atoms with Crippen molar-refractivity contribution in [3.05, 3.63) is 0 Å².